The van der Waals surface area contributed by atoms with Crippen LogP contribution < -0.4 is 20.3 Å². The molecule has 9 heteroatoms. The smallest absolute Gasteiger partial charge is 0.276 e. The van der Waals surface area contributed by atoms with E-state index in [9.17, 15) is 18.0 Å². The van der Waals surface area contributed by atoms with Crippen molar-refractivity contribution in [1.29, 1.82) is 0 Å². The zero-order valence-corrected chi connectivity index (χ0v) is 14.3. The maximum atomic E-state index is 11.7. The van der Waals surface area contributed by atoms with Crippen molar-refractivity contribution in [3.8, 4) is 5.75 Å². The Morgan fingerprint density at radius 1 is 1.17 bits per heavy atom. The first kappa shape index (κ1) is 18.9. The van der Waals surface area contributed by atoms with Crippen molar-refractivity contribution >= 4 is 21.8 Å². The van der Waals surface area contributed by atoms with Crippen LogP contribution in [-0.4, -0.2) is 39.1 Å². The Morgan fingerprint density at radius 3 is 2.26 bits per heavy atom. The van der Waals surface area contributed by atoms with E-state index in [0.717, 1.165) is 17.4 Å². The highest BCUT2D eigenvalue weighted by Crippen LogP contribution is 2.21. The van der Waals surface area contributed by atoms with Gasteiger partial charge in [0.15, 0.2) is 6.61 Å². The van der Waals surface area contributed by atoms with Crippen LogP contribution in [0.2, 0.25) is 0 Å². The van der Waals surface area contributed by atoms with Crippen LogP contribution in [-0.2, 0) is 19.6 Å². The topological polar surface area (TPSA) is 114 Å². The predicted molar refractivity (Wildman–Crippen MR) is 85.1 cm³/mol. The van der Waals surface area contributed by atoms with Crippen molar-refractivity contribution in [2.45, 2.75) is 26.8 Å². The summed E-state index contributed by atoms with van der Waals surface area (Å²) < 4.78 is 29.5. The van der Waals surface area contributed by atoms with Gasteiger partial charge in [0.25, 0.3) is 11.8 Å². The highest BCUT2D eigenvalue weighted by molar-refractivity contribution is 7.88. The second kappa shape index (κ2) is 7.93. The van der Waals surface area contributed by atoms with E-state index in [2.05, 4.69) is 15.6 Å². The molecular weight excluding hydrogens is 322 g/mol. The highest BCUT2D eigenvalue weighted by Gasteiger charge is 2.17. The first-order valence-electron chi connectivity index (χ1n) is 6.85. The number of sulfonamides is 1. The molecular formula is C14H21N3O5S. The maximum absolute atomic E-state index is 11.7. The number of hydrazine groups is 1. The van der Waals surface area contributed by atoms with Gasteiger partial charge in [-0.2, -0.15) is 0 Å². The molecule has 2 amide bonds. The van der Waals surface area contributed by atoms with Gasteiger partial charge < -0.3 is 4.74 Å². The number of carbonyl (C=O) groups excluding carboxylic acids is 2. The molecule has 0 aliphatic rings. The van der Waals surface area contributed by atoms with Crippen LogP contribution in [0.5, 0.6) is 5.75 Å². The molecule has 0 spiro atoms. The third-order valence-corrected chi connectivity index (χ3v) is 3.65. The standard InChI is InChI=1S/C14H21N3O5S/c1-9-6-5-7-10(2)13(9)22-8-12(18)15-16-14(19)11(3)17-23(4,20)21/h5-7,11,17H,8H2,1-4H3,(H,15,18)(H,16,19)/t11-/m0/s1. The van der Waals surface area contributed by atoms with Gasteiger partial charge in [0, 0.05) is 0 Å². The molecule has 0 unspecified atom stereocenters. The lowest BCUT2D eigenvalue weighted by atomic mass is 10.1. The summed E-state index contributed by atoms with van der Waals surface area (Å²) in [6.07, 6.45) is 0.938. The second-order valence-corrected chi connectivity index (χ2v) is 6.94. The number of para-hydroxylation sites is 1. The largest absolute Gasteiger partial charge is 0.483 e. The van der Waals surface area contributed by atoms with Gasteiger partial charge in [0.05, 0.1) is 12.3 Å². The predicted octanol–water partition coefficient (Wildman–Crippen LogP) is -0.233. The number of aryl methyl sites for hydroxylation is 2. The molecule has 0 aliphatic carbocycles. The monoisotopic (exact) mass is 343 g/mol. The minimum Gasteiger partial charge on any atom is -0.483 e. The third kappa shape index (κ3) is 6.66. The summed E-state index contributed by atoms with van der Waals surface area (Å²) >= 11 is 0. The molecule has 1 atom stereocenters. The van der Waals surface area contributed by atoms with Gasteiger partial charge in [-0.25, -0.2) is 13.1 Å². The molecule has 0 aromatic heterocycles. The fourth-order valence-corrected chi connectivity index (χ4v) is 2.56. The number of amides is 2. The van der Waals surface area contributed by atoms with E-state index < -0.39 is 27.9 Å². The molecule has 0 aliphatic heterocycles. The first-order chi connectivity index (χ1) is 10.6. The molecule has 0 heterocycles. The van der Waals surface area contributed by atoms with E-state index in [4.69, 9.17) is 4.74 Å². The molecule has 1 rings (SSSR count). The summed E-state index contributed by atoms with van der Waals surface area (Å²) in [6.45, 7) is 4.80. The van der Waals surface area contributed by atoms with Crippen LogP contribution in [0.4, 0.5) is 0 Å². The summed E-state index contributed by atoms with van der Waals surface area (Å²) in [5, 5.41) is 0. The van der Waals surface area contributed by atoms with Gasteiger partial charge in [-0.15, -0.1) is 0 Å². The summed E-state index contributed by atoms with van der Waals surface area (Å²) in [5.74, 6) is -0.635. The van der Waals surface area contributed by atoms with Crippen LogP contribution in [0, 0.1) is 13.8 Å². The van der Waals surface area contributed by atoms with Crippen LogP contribution in [0.25, 0.3) is 0 Å². The van der Waals surface area contributed by atoms with Gasteiger partial charge in [-0.3, -0.25) is 20.4 Å². The molecule has 8 nitrogen and oxygen atoms in total. The lowest BCUT2D eigenvalue weighted by Crippen LogP contribution is -2.51. The van der Waals surface area contributed by atoms with Crippen molar-refractivity contribution in [2.75, 3.05) is 12.9 Å². The van der Waals surface area contributed by atoms with E-state index >= 15 is 0 Å². The molecule has 0 saturated carbocycles. The number of rotatable bonds is 6. The van der Waals surface area contributed by atoms with Crippen molar-refractivity contribution in [1.82, 2.24) is 15.6 Å². The van der Waals surface area contributed by atoms with Gasteiger partial charge in [0.2, 0.25) is 10.0 Å². The van der Waals surface area contributed by atoms with Gasteiger partial charge >= 0.3 is 0 Å². The third-order valence-electron chi connectivity index (χ3n) is 2.87. The Balaban J connectivity index is 2.44. The Bertz CT molecular complexity index is 667. The van der Waals surface area contributed by atoms with Crippen molar-refractivity contribution < 1.29 is 22.7 Å². The second-order valence-electron chi connectivity index (χ2n) is 5.16. The van der Waals surface area contributed by atoms with Crippen molar-refractivity contribution in [3.63, 3.8) is 0 Å². The van der Waals surface area contributed by atoms with Crippen molar-refractivity contribution in [2.24, 2.45) is 0 Å². The van der Waals surface area contributed by atoms with Gasteiger partial charge in [-0.05, 0) is 31.9 Å². The number of hydrogen-bond acceptors (Lipinski definition) is 5. The molecule has 0 fully saturated rings. The molecule has 0 saturated heterocycles. The number of carbonyl (C=O) groups is 2. The van der Waals surface area contributed by atoms with E-state index in [0.29, 0.717) is 5.75 Å². The molecule has 23 heavy (non-hydrogen) atoms. The van der Waals surface area contributed by atoms with Crippen LogP contribution in [0.15, 0.2) is 18.2 Å². The Labute approximate surface area is 135 Å². The van der Waals surface area contributed by atoms with Crippen molar-refractivity contribution in [3.05, 3.63) is 29.3 Å². The van der Waals surface area contributed by atoms with Crippen LogP contribution in [0.1, 0.15) is 18.1 Å². The molecule has 1 aromatic rings. The van der Waals surface area contributed by atoms with E-state index in [-0.39, 0.29) is 6.61 Å². The summed E-state index contributed by atoms with van der Waals surface area (Å²) in [6, 6.07) is 4.60. The van der Waals surface area contributed by atoms with Gasteiger partial charge in [-0.1, -0.05) is 18.2 Å². The van der Waals surface area contributed by atoms with E-state index in [1.807, 2.05) is 32.0 Å². The Kier molecular flexibility index (Phi) is 6.52. The molecule has 0 bridgehead atoms. The lowest BCUT2D eigenvalue weighted by molar-refractivity contribution is -0.130. The number of ether oxygens (including phenoxy) is 1. The van der Waals surface area contributed by atoms with Gasteiger partial charge in [0.1, 0.15) is 5.75 Å². The average molecular weight is 343 g/mol. The maximum Gasteiger partial charge on any atom is 0.276 e. The summed E-state index contributed by atoms with van der Waals surface area (Å²) in [7, 11) is -3.51. The molecule has 128 valence electrons. The quantitative estimate of drug-likeness (QED) is 0.617. The minimum atomic E-state index is -3.51. The Morgan fingerprint density at radius 2 is 1.74 bits per heavy atom. The highest BCUT2D eigenvalue weighted by atomic mass is 32.2. The number of nitrogens with one attached hydrogen (secondary N) is 3. The lowest BCUT2D eigenvalue weighted by Gasteiger charge is -2.14. The number of benzene rings is 1. The molecule has 1 aromatic carbocycles. The SMILES string of the molecule is Cc1cccc(C)c1OCC(=O)NNC(=O)[C@H](C)NS(C)(=O)=O. The summed E-state index contributed by atoms with van der Waals surface area (Å²) in [4.78, 5) is 23.3. The van der Waals surface area contributed by atoms with E-state index in [1.165, 1.54) is 6.92 Å². The van der Waals surface area contributed by atoms with Crippen LogP contribution in [0.3, 0.4) is 0 Å². The number of hydrogen-bond donors (Lipinski definition) is 3. The summed E-state index contributed by atoms with van der Waals surface area (Å²) in [5.41, 5.74) is 6.08. The average Bonchev–Trinajstić information content (AvgIpc) is 2.42. The van der Waals surface area contributed by atoms with Crippen LogP contribution >= 0.6 is 0 Å². The zero-order valence-electron chi connectivity index (χ0n) is 13.5. The zero-order chi connectivity index (χ0) is 17.6. The fourth-order valence-electron chi connectivity index (χ4n) is 1.81. The first-order valence-corrected chi connectivity index (χ1v) is 8.74. The normalized spacial score (nSPS) is 12.3. The fraction of sp³-hybridized carbons (Fsp3) is 0.429. The Hall–Kier alpha value is -2.13. The molecule has 0 radical (unpaired) electrons. The van der Waals surface area contributed by atoms with E-state index in [1.54, 1.807) is 0 Å². The molecule has 3 N–H and O–H groups in total. The minimum absolute atomic E-state index is 0.278.